The van der Waals surface area contributed by atoms with Gasteiger partial charge in [-0.25, -0.2) is 4.79 Å². The van der Waals surface area contributed by atoms with Gasteiger partial charge in [-0.1, -0.05) is 29.3 Å². The van der Waals surface area contributed by atoms with Crippen LogP contribution in [0.2, 0.25) is 10.0 Å². The van der Waals surface area contributed by atoms with Crippen LogP contribution in [0.3, 0.4) is 0 Å². The number of ether oxygens (including phenoxy) is 1. The largest absolute Gasteiger partial charge is 0.463 e. The van der Waals surface area contributed by atoms with Crippen molar-refractivity contribution in [3.8, 4) is 0 Å². The van der Waals surface area contributed by atoms with Gasteiger partial charge >= 0.3 is 5.97 Å². The number of carbonyl (C=O) groups excluding carboxylic acids is 1. The van der Waals surface area contributed by atoms with Gasteiger partial charge in [0, 0.05) is 11.8 Å². The minimum Gasteiger partial charge on any atom is -0.463 e. The summed E-state index contributed by atoms with van der Waals surface area (Å²) in [6.45, 7) is 2.09. The van der Waals surface area contributed by atoms with Crippen LogP contribution in [0.5, 0.6) is 0 Å². The van der Waals surface area contributed by atoms with E-state index in [4.69, 9.17) is 33.7 Å². The summed E-state index contributed by atoms with van der Waals surface area (Å²) in [7, 11) is 0. The minimum atomic E-state index is -0.413. The van der Waals surface area contributed by atoms with Crippen molar-refractivity contribution in [3.63, 3.8) is 0 Å². The molecule has 2 N–H and O–H groups in total. The Morgan fingerprint density at radius 1 is 1.39 bits per heavy atom. The van der Waals surface area contributed by atoms with Gasteiger partial charge in [0.1, 0.15) is 0 Å². The van der Waals surface area contributed by atoms with Gasteiger partial charge < -0.3 is 10.5 Å². The van der Waals surface area contributed by atoms with Crippen molar-refractivity contribution in [1.82, 2.24) is 0 Å². The fraction of sp³-hybridized carbons (Fsp3) is 0.308. The molecule has 98 valence electrons. The monoisotopic (exact) mass is 287 g/mol. The summed E-state index contributed by atoms with van der Waals surface area (Å²) in [4.78, 5) is 11.1. The molecule has 0 aliphatic carbocycles. The third kappa shape index (κ3) is 4.98. The first-order valence-corrected chi connectivity index (χ1v) is 6.35. The summed E-state index contributed by atoms with van der Waals surface area (Å²) >= 11 is 11.7. The Balaban J connectivity index is 2.54. The second-order valence-electron chi connectivity index (χ2n) is 3.72. The van der Waals surface area contributed by atoms with Crippen LogP contribution in [0.1, 0.15) is 18.9 Å². The highest BCUT2D eigenvalue weighted by Gasteiger charge is 2.02. The molecule has 0 heterocycles. The molecule has 0 aliphatic heterocycles. The van der Waals surface area contributed by atoms with Gasteiger partial charge in [-0.2, -0.15) is 0 Å². The lowest BCUT2D eigenvalue weighted by atomic mass is 10.1. The Morgan fingerprint density at radius 2 is 2.11 bits per heavy atom. The summed E-state index contributed by atoms with van der Waals surface area (Å²) in [5.41, 5.74) is 7.23. The van der Waals surface area contributed by atoms with Gasteiger partial charge in [-0.15, -0.1) is 0 Å². The Morgan fingerprint density at radius 3 is 2.72 bits per heavy atom. The first kappa shape index (κ1) is 14.9. The number of allylic oxidation sites excluding steroid dienone is 1. The first-order valence-electron chi connectivity index (χ1n) is 5.59. The molecule has 0 amide bonds. The molecule has 18 heavy (non-hydrogen) atoms. The molecule has 0 aromatic heterocycles. The van der Waals surface area contributed by atoms with Crippen molar-refractivity contribution in [1.29, 1.82) is 0 Å². The van der Waals surface area contributed by atoms with E-state index in [2.05, 4.69) is 0 Å². The van der Waals surface area contributed by atoms with Crippen LogP contribution in [0.15, 0.2) is 30.0 Å². The number of hydrogen-bond donors (Lipinski definition) is 1. The lowest BCUT2D eigenvalue weighted by molar-refractivity contribution is -0.137. The van der Waals surface area contributed by atoms with E-state index in [0.29, 0.717) is 35.2 Å². The van der Waals surface area contributed by atoms with Gasteiger partial charge in [-0.05, 0) is 37.5 Å². The van der Waals surface area contributed by atoms with E-state index in [1.807, 2.05) is 6.07 Å². The molecule has 0 atom stereocenters. The number of benzene rings is 1. The van der Waals surface area contributed by atoms with Crippen molar-refractivity contribution in [2.45, 2.75) is 19.8 Å². The topological polar surface area (TPSA) is 52.3 Å². The van der Waals surface area contributed by atoms with E-state index >= 15 is 0 Å². The van der Waals surface area contributed by atoms with Gasteiger partial charge in [0.2, 0.25) is 0 Å². The molecule has 0 fully saturated rings. The number of aryl methyl sites for hydroxylation is 1. The third-order valence-electron chi connectivity index (χ3n) is 2.28. The SMILES string of the molecule is CCOC(=O)/C=C(\N)CCc1ccc(Cl)c(Cl)c1. The Labute approximate surface area is 117 Å². The summed E-state index contributed by atoms with van der Waals surface area (Å²) in [6, 6.07) is 5.41. The summed E-state index contributed by atoms with van der Waals surface area (Å²) in [5, 5.41) is 1.04. The fourth-order valence-corrected chi connectivity index (χ4v) is 1.71. The summed E-state index contributed by atoms with van der Waals surface area (Å²) in [5.74, 6) is -0.413. The van der Waals surface area contributed by atoms with E-state index in [1.165, 1.54) is 6.08 Å². The lowest BCUT2D eigenvalue weighted by Gasteiger charge is -2.04. The number of hydrogen-bond acceptors (Lipinski definition) is 3. The van der Waals surface area contributed by atoms with Crippen molar-refractivity contribution >= 4 is 29.2 Å². The van der Waals surface area contributed by atoms with E-state index < -0.39 is 5.97 Å². The molecule has 0 aliphatic rings. The molecule has 0 spiro atoms. The number of carbonyl (C=O) groups is 1. The quantitative estimate of drug-likeness (QED) is 0.668. The molecule has 0 saturated heterocycles. The van der Waals surface area contributed by atoms with Crippen LogP contribution < -0.4 is 5.73 Å². The average Bonchev–Trinajstić information content (AvgIpc) is 2.31. The maximum absolute atomic E-state index is 11.1. The predicted octanol–water partition coefficient (Wildman–Crippen LogP) is 3.33. The molecule has 0 bridgehead atoms. The van der Waals surface area contributed by atoms with Gasteiger partial charge in [0.25, 0.3) is 0 Å². The van der Waals surface area contributed by atoms with E-state index in [-0.39, 0.29) is 0 Å². The molecular formula is C13H15Cl2NO2. The molecule has 0 saturated carbocycles. The highest BCUT2D eigenvalue weighted by atomic mass is 35.5. The lowest BCUT2D eigenvalue weighted by Crippen LogP contribution is -2.06. The first-order chi connectivity index (χ1) is 8.52. The highest BCUT2D eigenvalue weighted by molar-refractivity contribution is 6.42. The highest BCUT2D eigenvalue weighted by Crippen LogP contribution is 2.23. The molecule has 0 radical (unpaired) electrons. The van der Waals surface area contributed by atoms with Crippen LogP contribution in [0.4, 0.5) is 0 Å². The standard InChI is InChI=1S/C13H15Cl2NO2/c1-2-18-13(17)8-10(16)5-3-9-4-6-11(14)12(15)7-9/h4,6-8H,2-3,5,16H2,1H3/b10-8-. The molecule has 5 heteroatoms. The van der Waals surface area contributed by atoms with Crippen LogP contribution >= 0.6 is 23.2 Å². The van der Waals surface area contributed by atoms with Crippen molar-refractivity contribution < 1.29 is 9.53 Å². The van der Waals surface area contributed by atoms with Gasteiger partial charge in [-0.3, -0.25) is 0 Å². The summed E-state index contributed by atoms with van der Waals surface area (Å²) in [6.07, 6.45) is 2.57. The zero-order valence-electron chi connectivity index (χ0n) is 10.1. The second kappa shape index (κ2) is 7.29. The molecular weight excluding hydrogens is 273 g/mol. The smallest absolute Gasteiger partial charge is 0.332 e. The average molecular weight is 288 g/mol. The van der Waals surface area contributed by atoms with Crippen molar-refractivity contribution in [2.24, 2.45) is 5.73 Å². The van der Waals surface area contributed by atoms with E-state index in [0.717, 1.165) is 5.56 Å². The number of rotatable bonds is 5. The minimum absolute atomic E-state index is 0.343. The third-order valence-corrected chi connectivity index (χ3v) is 3.02. The molecule has 1 aromatic rings. The Hall–Kier alpha value is -1.19. The van der Waals surface area contributed by atoms with Gasteiger partial charge in [0.05, 0.1) is 16.7 Å². The summed E-state index contributed by atoms with van der Waals surface area (Å²) < 4.78 is 4.77. The normalized spacial score (nSPS) is 11.4. The van der Waals surface area contributed by atoms with Gasteiger partial charge in [0.15, 0.2) is 0 Å². The van der Waals surface area contributed by atoms with Crippen LogP contribution in [0.25, 0.3) is 0 Å². The molecule has 3 nitrogen and oxygen atoms in total. The molecule has 1 aromatic carbocycles. The predicted molar refractivity (Wildman–Crippen MR) is 73.7 cm³/mol. The number of halogens is 2. The fourth-order valence-electron chi connectivity index (χ4n) is 1.39. The zero-order chi connectivity index (χ0) is 13.5. The van der Waals surface area contributed by atoms with Crippen molar-refractivity contribution in [2.75, 3.05) is 6.61 Å². The molecule has 0 unspecified atom stereocenters. The van der Waals surface area contributed by atoms with Crippen LogP contribution in [-0.2, 0) is 16.0 Å². The number of nitrogens with two attached hydrogens (primary N) is 1. The zero-order valence-corrected chi connectivity index (χ0v) is 11.6. The second-order valence-corrected chi connectivity index (χ2v) is 4.53. The van der Waals surface area contributed by atoms with Crippen molar-refractivity contribution in [3.05, 3.63) is 45.6 Å². The maximum Gasteiger partial charge on any atom is 0.332 e. The molecule has 1 rings (SSSR count). The Bertz CT molecular complexity index is 458. The van der Waals surface area contributed by atoms with Crippen LogP contribution in [0, 0.1) is 0 Å². The number of esters is 1. The maximum atomic E-state index is 11.1. The Kier molecular flexibility index (Phi) is 6.02. The van der Waals surface area contributed by atoms with Crippen LogP contribution in [-0.4, -0.2) is 12.6 Å². The van der Waals surface area contributed by atoms with E-state index in [9.17, 15) is 4.79 Å². The van der Waals surface area contributed by atoms with E-state index in [1.54, 1.807) is 19.1 Å².